The van der Waals surface area contributed by atoms with E-state index in [4.69, 9.17) is 4.65 Å². The quantitative estimate of drug-likeness (QED) is 0.496. The smallest absolute Gasteiger partial charge is 0.322 e. The van der Waals surface area contributed by atoms with Crippen molar-refractivity contribution in [2.24, 2.45) is 0 Å². The third-order valence-corrected chi connectivity index (χ3v) is 1.82. The third-order valence-electron chi connectivity index (χ3n) is 1.82. The maximum absolute atomic E-state index is 5.04. The van der Waals surface area contributed by atoms with Gasteiger partial charge in [0.1, 0.15) is 5.75 Å². The number of aromatic nitrogens is 3. The Bertz CT molecular complexity index is 414. The first-order valence-electron chi connectivity index (χ1n) is 3.66. The molecule has 0 aromatic carbocycles. The predicted octanol–water partition coefficient (Wildman–Crippen LogP) is -1.86. The highest BCUT2D eigenvalue weighted by Crippen LogP contribution is 2.13. The second-order valence-corrected chi connectivity index (χ2v) is 2.58. The number of nitrogens with one attached hydrogen (secondary N) is 1. The Balaban J connectivity index is 2.71. The van der Waals surface area contributed by atoms with Crippen LogP contribution in [0.15, 0.2) is 12.3 Å². The van der Waals surface area contributed by atoms with Crippen molar-refractivity contribution in [1.82, 2.24) is 15.2 Å². The van der Waals surface area contributed by atoms with E-state index in [2.05, 4.69) is 15.2 Å². The Labute approximate surface area is 71.2 Å². The molecule has 0 amide bonds. The number of aromatic amines is 1. The molecule has 0 unspecified atom stereocenters. The fraction of sp³-hybridized carbons (Fsp3) is 0. The van der Waals surface area contributed by atoms with E-state index in [1.54, 1.807) is 14.2 Å². The van der Waals surface area contributed by atoms with Gasteiger partial charge in [-0.15, -0.1) is 0 Å². The van der Waals surface area contributed by atoms with Crippen LogP contribution < -0.4 is 10.2 Å². The van der Waals surface area contributed by atoms with Crippen LogP contribution in [0.25, 0.3) is 11.0 Å². The van der Waals surface area contributed by atoms with E-state index in [9.17, 15) is 0 Å². The average Bonchev–Trinajstić information content (AvgIpc) is 2.47. The summed E-state index contributed by atoms with van der Waals surface area (Å²) in [6.07, 6.45) is 1.67. The SMILES string of the molecule is BOc1cnc2[nH]nc(B)c2c1. The van der Waals surface area contributed by atoms with Gasteiger partial charge in [0.2, 0.25) is 0 Å². The van der Waals surface area contributed by atoms with E-state index < -0.39 is 0 Å². The van der Waals surface area contributed by atoms with Crippen molar-refractivity contribution >= 4 is 32.5 Å². The number of nitrogens with zero attached hydrogens (tertiary/aromatic N) is 2. The second kappa shape index (κ2) is 2.55. The summed E-state index contributed by atoms with van der Waals surface area (Å²) in [7, 11) is 3.55. The summed E-state index contributed by atoms with van der Waals surface area (Å²) in [6, 6.07) is 1.92. The molecule has 0 aliphatic heterocycles. The lowest BCUT2D eigenvalue weighted by Crippen LogP contribution is -2.03. The molecule has 12 heavy (non-hydrogen) atoms. The minimum Gasteiger partial charge on any atom is -0.567 e. The molecular weight excluding hydrogens is 152 g/mol. The number of hydrogen-bond donors (Lipinski definition) is 1. The minimum atomic E-state index is 0.756. The van der Waals surface area contributed by atoms with Crippen LogP contribution >= 0.6 is 0 Å². The summed E-state index contributed by atoms with van der Waals surface area (Å²) in [6.45, 7) is 0. The van der Waals surface area contributed by atoms with E-state index in [1.807, 2.05) is 13.9 Å². The van der Waals surface area contributed by atoms with Crippen molar-refractivity contribution in [3.63, 3.8) is 0 Å². The molecule has 2 heterocycles. The van der Waals surface area contributed by atoms with Crippen LogP contribution in [-0.2, 0) is 0 Å². The molecule has 4 nitrogen and oxygen atoms in total. The van der Waals surface area contributed by atoms with Gasteiger partial charge >= 0.3 is 8.05 Å². The lowest BCUT2D eigenvalue weighted by molar-refractivity contribution is 0.614. The van der Waals surface area contributed by atoms with Crippen LogP contribution in [0.2, 0.25) is 0 Å². The number of fused-ring (bicyclic) bond motifs is 1. The molecule has 0 atom stereocenters. The summed E-state index contributed by atoms with van der Waals surface area (Å²) >= 11 is 0. The van der Waals surface area contributed by atoms with E-state index in [0.717, 1.165) is 22.4 Å². The molecule has 2 aromatic heterocycles. The summed E-state index contributed by atoms with van der Waals surface area (Å²) in [4.78, 5) is 4.13. The molecule has 2 aromatic rings. The van der Waals surface area contributed by atoms with Crippen molar-refractivity contribution in [1.29, 1.82) is 0 Å². The van der Waals surface area contributed by atoms with E-state index >= 15 is 0 Å². The molecule has 0 bridgehead atoms. The third kappa shape index (κ3) is 0.958. The summed E-state index contributed by atoms with van der Waals surface area (Å²) in [5.74, 6) is 0.756. The zero-order valence-corrected chi connectivity index (χ0v) is 6.96. The number of pyridine rings is 1. The molecule has 2 rings (SSSR count). The van der Waals surface area contributed by atoms with Crippen molar-refractivity contribution in [2.45, 2.75) is 0 Å². The van der Waals surface area contributed by atoms with Crippen molar-refractivity contribution < 1.29 is 4.65 Å². The van der Waals surface area contributed by atoms with Gasteiger partial charge in [0.15, 0.2) is 13.5 Å². The first kappa shape index (κ1) is 7.21. The Morgan fingerprint density at radius 3 is 3.08 bits per heavy atom. The van der Waals surface area contributed by atoms with Crippen molar-refractivity contribution in [3.8, 4) is 5.75 Å². The summed E-state index contributed by atoms with van der Waals surface area (Å²) < 4.78 is 5.04. The number of hydrogen-bond acceptors (Lipinski definition) is 3. The molecule has 0 aliphatic rings. The number of rotatable bonds is 1. The highest BCUT2D eigenvalue weighted by molar-refractivity contribution is 6.36. The first-order valence-corrected chi connectivity index (χ1v) is 3.66. The van der Waals surface area contributed by atoms with Crippen LogP contribution in [0, 0.1) is 0 Å². The molecule has 0 spiro atoms. The summed E-state index contributed by atoms with van der Waals surface area (Å²) in [5.41, 5.74) is 1.74. The fourth-order valence-electron chi connectivity index (χ4n) is 1.12. The van der Waals surface area contributed by atoms with Crippen LogP contribution in [0.1, 0.15) is 0 Å². The van der Waals surface area contributed by atoms with Crippen molar-refractivity contribution in [3.05, 3.63) is 12.3 Å². The van der Waals surface area contributed by atoms with Crippen molar-refractivity contribution in [2.75, 3.05) is 0 Å². The largest absolute Gasteiger partial charge is 0.567 e. The van der Waals surface area contributed by atoms with Gasteiger partial charge in [-0.25, -0.2) is 4.98 Å². The Morgan fingerprint density at radius 2 is 2.33 bits per heavy atom. The fourth-order valence-corrected chi connectivity index (χ4v) is 1.12. The average molecular weight is 159 g/mol. The Hall–Kier alpha value is -1.45. The lowest BCUT2D eigenvalue weighted by Gasteiger charge is -1.98. The highest BCUT2D eigenvalue weighted by Gasteiger charge is 2.02. The van der Waals surface area contributed by atoms with Crippen LogP contribution in [0.3, 0.4) is 0 Å². The molecule has 0 radical (unpaired) electrons. The lowest BCUT2D eigenvalue weighted by atomic mass is 10.0. The van der Waals surface area contributed by atoms with Gasteiger partial charge in [-0.1, -0.05) is 0 Å². The molecule has 0 saturated carbocycles. The van der Waals surface area contributed by atoms with Gasteiger partial charge < -0.3 is 4.65 Å². The highest BCUT2D eigenvalue weighted by atomic mass is 16.4. The second-order valence-electron chi connectivity index (χ2n) is 2.58. The molecule has 0 saturated heterocycles. The minimum absolute atomic E-state index is 0.756. The van der Waals surface area contributed by atoms with Gasteiger partial charge in [-0.2, -0.15) is 5.10 Å². The molecule has 6 heteroatoms. The Morgan fingerprint density at radius 1 is 1.50 bits per heavy atom. The zero-order valence-electron chi connectivity index (χ0n) is 6.96. The molecule has 58 valence electrons. The monoisotopic (exact) mass is 159 g/mol. The van der Waals surface area contributed by atoms with Crippen LogP contribution in [0.4, 0.5) is 0 Å². The Kier molecular flexibility index (Phi) is 1.53. The van der Waals surface area contributed by atoms with Crippen LogP contribution in [-0.4, -0.2) is 31.1 Å². The maximum Gasteiger partial charge on any atom is 0.322 e. The summed E-state index contributed by atoms with van der Waals surface area (Å²) in [5, 5.41) is 7.86. The topological polar surface area (TPSA) is 50.8 Å². The number of H-pyrrole nitrogens is 1. The molecule has 0 aliphatic carbocycles. The van der Waals surface area contributed by atoms with Crippen LogP contribution in [0.5, 0.6) is 5.75 Å². The van der Waals surface area contributed by atoms with E-state index in [-0.39, 0.29) is 0 Å². The zero-order chi connectivity index (χ0) is 8.55. The first-order chi connectivity index (χ1) is 5.81. The van der Waals surface area contributed by atoms with Gasteiger partial charge in [-0.3, -0.25) is 5.10 Å². The molecule has 1 N–H and O–H groups in total. The van der Waals surface area contributed by atoms with Gasteiger partial charge in [0.05, 0.1) is 6.20 Å². The normalized spacial score (nSPS) is 10.3. The molecule has 0 fully saturated rings. The molecular formula is C6H7B2N3O. The van der Waals surface area contributed by atoms with Gasteiger partial charge in [-0.05, 0) is 6.07 Å². The standard InChI is InChI=1S/C6H7B2N3O/c7-5-4-1-3(12-8)2-9-6(4)11-10-5/h1-2H,7-8H2,(H,9,10,11). The predicted molar refractivity (Wildman–Crippen MR) is 51.2 cm³/mol. The van der Waals surface area contributed by atoms with Gasteiger partial charge in [0, 0.05) is 11.0 Å². The van der Waals surface area contributed by atoms with E-state index in [1.165, 1.54) is 0 Å². The van der Waals surface area contributed by atoms with E-state index in [0.29, 0.717) is 0 Å². The maximum atomic E-state index is 5.04. The van der Waals surface area contributed by atoms with Gasteiger partial charge in [0.25, 0.3) is 0 Å².